The van der Waals surface area contributed by atoms with Gasteiger partial charge in [0.15, 0.2) is 17.5 Å². The number of furan rings is 1. The number of fused-ring (bicyclic) bond motifs is 7. The molecular formula is C51H31N3O. The molecule has 2 heterocycles. The van der Waals surface area contributed by atoms with Gasteiger partial charge in [-0.3, -0.25) is 0 Å². The van der Waals surface area contributed by atoms with Crippen LogP contribution in [0.15, 0.2) is 192 Å². The van der Waals surface area contributed by atoms with Gasteiger partial charge in [-0.1, -0.05) is 152 Å². The van der Waals surface area contributed by atoms with Crippen LogP contribution in [-0.4, -0.2) is 15.0 Å². The summed E-state index contributed by atoms with van der Waals surface area (Å²) in [5.74, 6) is 1.83. The second-order valence-corrected chi connectivity index (χ2v) is 14.0. The fourth-order valence-electron chi connectivity index (χ4n) is 7.93. The van der Waals surface area contributed by atoms with Crippen LogP contribution >= 0.6 is 0 Å². The molecule has 11 rings (SSSR count). The van der Waals surface area contributed by atoms with E-state index in [1.165, 1.54) is 32.7 Å². The second-order valence-electron chi connectivity index (χ2n) is 14.0. The zero-order valence-electron chi connectivity index (χ0n) is 29.6. The number of hydrogen-bond acceptors (Lipinski definition) is 4. The minimum absolute atomic E-state index is 0.596. The first-order chi connectivity index (χ1) is 27.2. The van der Waals surface area contributed by atoms with Gasteiger partial charge in [0.05, 0.1) is 0 Å². The predicted molar refractivity (Wildman–Crippen MR) is 227 cm³/mol. The Morgan fingerprint density at radius 2 is 0.818 bits per heavy atom. The van der Waals surface area contributed by atoms with Crippen molar-refractivity contribution in [1.82, 2.24) is 15.0 Å². The maximum Gasteiger partial charge on any atom is 0.164 e. The molecule has 0 bridgehead atoms. The third-order valence-corrected chi connectivity index (χ3v) is 10.7. The molecule has 0 unspecified atom stereocenters. The van der Waals surface area contributed by atoms with Gasteiger partial charge in [0.25, 0.3) is 0 Å². The van der Waals surface area contributed by atoms with Gasteiger partial charge < -0.3 is 4.42 Å². The highest BCUT2D eigenvalue weighted by molar-refractivity contribution is 6.13. The minimum atomic E-state index is 0.596. The van der Waals surface area contributed by atoms with E-state index in [1.807, 2.05) is 18.2 Å². The van der Waals surface area contributed by atoms with Crippen molar-refractivity contribution in [1.29, 1.82) is 0 Å². The number of rotatable bonds is 5. The van der Waals surface area contributed by atoms with Crippen LogP contribution in [0.1, 0.15) is 0 Å². The van der Waals surface area contributed by atoms with E-state index in [1.54, 1.807) is 0 Å². The van der Waals surface area contributed by atoms with Crippen molar-refractivity contribution in [2.24, 2.45) is 0 Å². The molecular weight excluding hydrogens is 671 g/mol. The first-order valence-corrected chi connectivity index (χ1v) is 18.5. The average Bonchev–Trinajstić information content (AvgIpc) is 3.64. The summed E-state index contributed by atoms with van der Waals surface area (Å²) in [7, 11) is 0. The molecule has 0 aliphatic carbocycles. The topological polar surface area (TPSA) is 51.8 Å². The Morgan fingerprint density at radius 1 is 0.291 bits per heavy atom. The van der Waals surface area contributed by atoms with Crippen molar-refractivity contribution in [2.45, 2.75) is 0 Å². The van der Waals surface area contributed by atoms with Crippen LogP contribution in [0.4, 0.5) is 0 Å². The lowest BCUT2D eigenvalue weighted by Crippen LogP contribution is -2.00. The van der Waals surface area contributed by atoms with Crippen LogP contribution in [-0.2, 0) is 0 Å². The standard InChI is InChI=1S/C51H31N3O/c1-3-10-32(11-4-1)36-22-25-42-38(28-36)19-20-39-30-41(23-26-43(39)42)50-52-49(40-21-18-34-14-7-8-15-35(34)29-40)53-51(54-50)44-16-9-17-47-48(44)45-31-37(24-27-46(45)55-47)33-12-5-2-6-13-33/h1-31H. The maximum atomic E-state index is 6.43. The fourth-order valence-corrected chi connectivity index (χ4v) is 7.93. The first-order valence-electron chi connectivity index (χ1n) is 18.5. The Hall–Kier alpha value is -7.43. The monoisotopic (exact) mass is 701 g/mol. The van der Waals surface area contributed by atoms with Gasteiger partial charge in [0.2, 0.25) is 0 Å². The molecule has 0 N–H and O–H groups in total. The normalized spacial score (nSPS) is 11.6. The SMILES string of the molecule is c1ccc(-c2ccc3c(ccc4cc(-c5nc(-c6ccc7ccccc7c6)nc(-c6cccc7oc8ccc(-c9ccccc9)cc8c67)n5)ccc43)c2)cc1. The Bertz CT molecular complexity index is 3260. The quantitative estimate of drug-likeness (QED) is 0.168. The number of hydrogen-bond donors (Lipinski definition) is 0. The van der Waals surface area contributed by atoms with Gasteiger partial charge in [-0.25, -0.2) is 15.0 Å². The molecule has 0 aliphatic heterocycles. The van der Waals surface area contributed by atoms with Gasteiger partial charge in [-0.15, -0.1) is 0 Å². The van der Waals surface area contributed by atoms with Gasteiger partial charge >= 0.3 is 0 Å². The molecule has 0 atom stereocenters. The maximum absolute atomic E-state index is 6.43. The zero-order chi connectivity index (χ0) is 36.3. The van der Waals surface area contributed by atoms with Gasteiger partial charge in [0, 0.05) is 27.5 Å². The lowest BCUT2D eigenvalue weighted by molar-refractivity contribution is 0.669. The highest BCUT2D eigenvalue weighted by Gasteiger charge is 2.19. The Labute approximate surface area is 317 Å². The third kappa shape index (κ3) is 5.43. The van der Waals surface area contributed by atoms with Gasteiger partial charge in [-0.05, 0) is 91.0 Å². The van der Waals surface area contributed by atoms with Crippen molar-refractivity contribution in [3.8, 4) is 56.4 Å². The van der Waals surface area contributed by atoms with E-state index in [0.29, 0.717) is 17.5 Å². The molecule has 0 fully saturated rings. The summed E-state index contributed by atoms with van der Waals surface area (Å²) in [5.41, 5.74) is 9.06. The van der Waals surface area contributed by atoms with Crippen molar-refractivity contribution in [2.75, 3.05) is 0 Å². The summed E-state index contributed by atoms with van der Waals surface area (Å²) < 4.78 is 6.43. The van der Waals surface area contributed by atoms with E-state index >= 15 is 0 Å². The van der Waals surface area contributed by atoms with E-state index in [-0.39, 0.29) is 0 Å². The summed E-state index contributed by atoms with van der Waals surface area (Å²) in [6.45, 7) is 0. The van der Waals surface area contributed by atoms with Crippen LogP contribution in [0.25, 0.3) is 111 Å². The summed E-state index contributed by atoms with van der Waals surface area (Å²) in [4.78, 5) is 15.6. The van der Waals surface area contributed by atoms with Crippen LogP contribution in [0.3, 0.4) is 0 Å². The van der Waals surface area contributed by atoms with E-state index in [9.17, 15) is 0 Å². The zero-order valence-corrected chi connectivity index (χ0v) is 29.6. The number of benzene rings is 9. The van der Waals surface area contributed by atoms with Crippen LogP contribution in [0, 0.1) is 0 Å². The molecule has 11 aromatic rings. The summed E-state index contributed by atoms with van der Waals surface area (Å²) in [6, 6.07) is 65.9. The van der Waals surface area contributed by atoms with Gasteiger partial charge in [0.1, 0.15) is 11.2 Å². The Morgan fingerprint density at radius 3 is 1.53 bits per heavy atom. The summed E-state index contributed by atoms with van der Waals surface area (Å²) in [5, 5.41) is 9.04. The summed E-state index contributed by atoms with van der Waals surface area (Å²) >= 11 is 0. The molecule has 2 aromatic heterocycles. The molecule has 0 radical (unpaired) electrons. The Kier molecular flexibility index (Phi) is 7.14. The first kappa shape index (κ1) is 31.1. The molecule has 55 heavy (non-hydrogen) atoms. The van der Waals surface area contributed by atoms with E-state index in [4.69, 9.17) is 19.4 Å². The second kappa shape index (κ2) is 12.6. The van der Waals surface area contributed by atoms with Crippen molar-refractivity contribution in [3.63, 3.8) is 0 Å². The van der Waals surface area contributed by atoms with E-state index < -0.39 is 0 Å². The molecule has 0 saturated carbocycles. The smallest absolute Gasteiger partial charge is 0.164 e. The number of aromatic nitrogens is 3. The molecule has 4 heteroatoms. The minimum Gasteiger partial charge on any atom is -0.456 e. The predicted octanol–water partition coefficient (Wildman–Crippen LogP) is 13.6. The van der Waals surface area contributed by atoms with Crippen molar-refractivity contribution in [3.05, 3.63) is 188 Å². The molecule has 256 valence electrons. The van der Waals surface area contributed by atoms with E-state index in [2.05, 4.69) is 170 Å². The molecule has 4 nitrogen and oxygen atoms in total. The summed E-state index contributed by atoms with van der Waals surface area (Å²) in [6.07, 6.45) is 0. The van der Waals surface area contributed by atoms with Crippen molar-refractivity contribution >= 4 is 54.3 Å². The molecule has 0 spiro atoms. The molecule has 0 saturated heterocycles. The molecule has 9 aromatic carbocycles. The number of nitrogens with zero attached hydrogens (tertiary/aromatic N) is 3. The lowest BCUT2D eigenvalue weighted by atomic mass is 9.96. The third-order valence-electron chi connectivity index (χ3n) is 10.7. The largest absolute Gasteiger partial charge is 0.456 e. The molecule has 0 aliphatic rings. The van der Waals surface area contributed by atoms with Crippen LogP contribution in [0.5, 0.6) is 0 Å². The van der Waals surface area contributed by atoms with Gasteiger partial charge in [-0.2, -0.15) is 0 Å². The van der Waals surface area contributed by atoms with Crippen molar-refractivity contribution < 1.29 is 4.42 Å². The highest BCUT2D eigenvalue weighted by atomic mass is 16.3. The Balaban J connectivity index is 1.10. The highest BCUT2D eigenvalue weighted by Crippen LogP contribution is 2.39. The average molecular weight is 702 g/mol. The molecule has 0 amide bonds. The lowest BCUT2D eigenvalue weighted by Gasteiger charge is -2.11. The van der Waals surface area contributed by atoms with Crippen LogP contribution in [0.2, 0.25) is 0 Å². The van der Waals surface area contributed by atoms with E-state index in [0.717, 1.165) is 60.5 Å². The van der Waals surface area contributed by atoms with Crippen LogP contribution < -0.4 is 0 Å². The fraction of sp³-hybridized carbons (Fsp3) is 0.